The lowest BCUT2D eigenvalue weighted by atomic mass is 10.2. The highest BCUT2D eigenvalue weighted by molar-refractivity contribution is 5.88. The van der Waals surface area contributed by atoms with Gasteiger partial charge in [-0.25, -0.2) is 0 Å². The zero-order chi connectivity index (χ0) is 12.1. The Hall–Kier alpha value is -1.39. The van der Waals surface area contributed by atoms with Gasteiger partial charge in [-0.1, -0.05) is 12.1 Å². The van der Waals surface area contributed by atoms with Crippen molar-refractivity contribution in [1.82, 2.24) is 10.6 Å². The molecule has 0 bridgehead atoms. The molecular formula is C13H19N3O. The molecule has 3 N–H and O–H groups in total. The normalized spacial score (nSPS) is 19.2. The van der Waals surface area contributed by atoms with Crippen LogP contribution in [0, 0.1) is 0 Å². The van der Waals surface area contributed by atoms with E-state index >= 15 is 0 Å². The van der Waals surface area contributed by atoms with Crippen LogP contribution in [0.5, 0.6) is 0 Å². The van der Waals surface area contributed by atoms with Gasteiger partial charge < -0.3 is 16.0 Å². The fourth-order valence-electron chi connectivity index (χ4n) is 2.00. The first kappa shape index (κ1) is 12.1. The summed E-state index contributed by atoms with van der Waals surface area (Å²) in [4.78, 5) is 10.9. The summed E-state index contributed by atoms with van der Waals surface area (Å²) in [5.74, 6) is -0.0343. The Balaban J connectivity index is 1.82. The first-order valence-corrected chi connectivity index (χ1v) is 6.04. The first-order chi connectivity index (χ1) is 8.24. The number of amides is 1. The largest absolute Gasteiger partial charge is 0.326 e. The van der Waals surface area contributed by atoms with E-state index in [0.29, 0.717) is 6.04 Å². The maximum absolute atomic E-state index is 10.9. The third-order valence-corrected chi connectivity index (χ3v) is 2.93. The van der Waals surface area contributed by atoms with E-state index in [-0.39, 0.29) is 5.91 Å². The Kier molecular flexibility index (Phi) is 4.12. The highest BCUT2D eigenvalue weighted by atomic mass is 16.1. The molecule has 1 heterocycles. The fourth-order valence-corrected chi connectivity index (χ4v) is 2.00. The topological polar surface area (TPSA) is 53.2 Å². The van der Waals surface area contributed by atoms with Gasteiger partial charge in [0.25, 0.3) is 0 Å². The SMILES string of the molecule is CC(=O)Nc1ccc(CNC2CCNC2)cc1. The van der Waals surface area contributed by atoms with E-state index < -0.39 is 0 Å². The zero-order valence-electron chi connectivity index (χ0n) is 10.1. The van der Waals surface area contributed by atoms with E-state index in [2.05, 4.69) is 16.0 Å². The summed E-state index contributed by atoms with van der Waals surface area (Å²) in [6.07, 6.45) is 1.20. The smallest absolute Gasteiger partial charge is 0.221 e. The molecule has 4 heteroatoms. The summed E-state index contributed by atoms with van der Waals surface area (Å²) in [6.45, 7) is 4.57. The minimum atomic E-state index is -0.0343. The summed E-state index contributed by atoms with van der Waals surface area (Å²) >= 11 is 0. The molecule has 0 spiro atoms. The molecule has 1 aliphatic rings. The standard InChI is InChI=1S/C13H19N3O/c1-10(17)16-12-4-2-11(3-5-12)8-15-13-6-7-14-9-13/h2-5,13-15H,6-9H2,1H3,(H,16,17). The molecule has 1 aromatic rings. The first-order valence-electron chi connectivity index (χ1n) is 6.04. The maximum atomic E-state index is 10.9. The van der Waals surface area contributed by atoms with E-state index in [9.17, 15) is 4.79 Å². The molecule has 4 nitrogen and oxygen atoms in total. The van der Waals surface area contributed by atoms with Gasteiger partial charge in [-0.15, -0.1) is 0 Å². The number of hydrogen-bond acceptors (Lipinski definition) is 3. The van der Waals surface area contributed by atoms with Crippen molar-refractivity contribution < 1.29 is 4.79 Å². The lowest BCUT2D eigenvalue weighted by Crippen LogP contribution is -2.30. The maximum Gasteiger partial charge on any atom is 0.221 e. The Bertz CT molecular complexity index is 369. The van der Waals surface area contributed by atoms with Gasteiger partial charge in [0.2, 0.25) is 5.91 Å². The van der Waals surface area contributed by atoms with Crippen molar-refractivity contribution in [2.45, 2.75) is 25.9 Å². The lowest BCUT2D eigenvalue weighted by molar-refractivity contribution is -0.114. The van der Waals surface area contributed by atoms with Crippen LogP contribution in [-0.2, 0) is 11.3 Å². The van der Waals surface area contributed by atoms with Crippen LogP contribution in [0.3, 0.4) is 0 Å². The predicted molar refractivity (Wildman–Crippen MR) is 68.9 cm³/mol. The molecule has 1 amide bonds. The van der Waals surface area contributed by atoms with Crippen molar-refractivity contribution in [3.8, 4) is 0 Å². The van der Waals surface area contributed by atoms with Gasteiger partial charge in [-0.2, -0.15) is 0 Å². The molecule has 1 atom stereocenters. The minimum absolute atomic E-state index is 0.0343. The third kappa shape index (κ3) is 3.84. The summed E-state index contributed by atoms with van der Waals surface area (Å²) < 4.78 is 0. The predicted octanol–water partition coefficient (Wildman–Crippen LogP) is 1.10. The number of rotatable bonds is 4. The van der Waals surface area contributed by atoms with Crippen molar-refractivity contribution in [2.75, 3.05) is 18.4 Å². The second-order valence-electron chi connectivity index (χ2n) is 4.45. The van der Waals surface area contributed by atoms with Crippen molar-refractivity contribution in [3.63, 3.8) is 0 Å². The summed E-state index contributed by atoms with van der Waals surface area (Å²) in [5, 5.41) is 9.60. The van der Waals surface area contributed by atoms with Gasteiger partial charge in [0.1, 0.15) is 0 Å². The monoisotopic (exact) mass is 233 g/mol. The van der Waals surface area contributed by atoms with Gasteiger partial charge >= 0.3 is 0 Å². The Morgan fingerprint density at radius 2 is 2.18 bits per heavy atom. The molecule has 17 heavy (non-hydrogen) atoms. The molecular weight excluding hydrogens is 214 g/mol. The molecule has 1 aromatic carbocycles. The quantitative estimate of drug-likeness (QED) is 0.730. The molecule has 1 saturated heterocycles. The fraction of sp³-hybridized carbons (Fsp3) is 0.462. The Morgan fingerprint density at radius 3 is 2.76 bits per heavy atom. The molecule has 2 rings (SSSR count). The van der Waals surface area contributed by atoms with Gasteiger partial charge in [0, 0.05) is 31.7 Å². The molecule has 1 aliphatic heterocycles. The number of nitrogens with one attached hydrogen (secondary N) is 3. The minimum Gasteiger partial charge on any atom is -0.326 e. The zero-order valence-corrected chi connectivity index (χ0v) is 10.1. The molecule has 0 saturated carbocycles. The third-order valence-electron chi connectivity index (χ3n) is 2.93. The molecule has 1 fully saturated rings. The van der Waals surface area contributed by atoms with E-state index in [1.807, 2.05) is 24.3 Å². The Morgan fingerprint density at radius 1 is 1.41 bits per heavy atom. The van der Waals surface area contributed by atoms with Crippen LogP contribution in [0.15, 0.2) is 24.3 Å². The Labute approximate surface area is 102 Å². The molecule has 0 aliphatic carbocycles. The molecule has 0 radical (unpaired) electrons. The lowest BCUT2D eigenvalue weighted by Gasteiger charge is -2.11. The molecule has 1 unspecified atom stereocenters. The highest BCUT2D eigenvalue weighted by Crippen LogP contribution is 2.10. The number of hydrogen-bond donors (Lipinski definition) is 3. The van der Waals surface area contributed by atoms with Gasteiger partial charge in [-0.3, -0.25) is 4.79 Å². The van der Waals surface area contributed by atoms with Gasteiger partial charge in [0.05, 0.1) is 0 Å². The van der Waals surface area contributed by atoms with Crippen molar-refractivity contribution in [2.24, 2.45) is 0 Å². The van der Waals surface area contributed by atoms with Crippen LogP contribution in [0.4, 0.5) is 5.69 Å². The number of anilines is 1. The second kappa shape index (κ2) is 5.80. The van der Waals surface area contributed by atoms with Crippen molar-refractivity contribution >= 4 is 11.6 Å². The van der Waals surface area contributed by atoms with Crippen LogP contribution in [-0.4, -0.2) is 25.0 Å². The van der Waals surface area contributed by atoms with Crippen LogP contribution >= 0.6 is 0 Å². The molecule has 92 valence electrons. The summed E-state index contributed by atoms with van der Waals surface area (Å²) in [7, 11) is 0. The summed E-state index contributed by atoms with van der Waals surface area (Å²) in [5.41, 5.74) is 2.09. The van der Waals surface area contributed by atoms with Gasteiger partial charge in [-0.05, 0) is 30.7 Å². The second-order valence-corrected chi connectivity index (χ2v) is 4.45. The average molecular weight is 233 g/mol. The van der Waals surface area contributed by atoms with Crippen LogP contribution in [0.1, 0.15) is 18.9 Å². The number of carbonyl (C=O) groups is 1. The van der Waals surface area contributed by atoms with Crippen molar-refractivity contribution in [1.29, 1.82) is 0 Å². The highest BCUT2D eigenvalue weighted by Gasteiger charge is 2.12. The van der Waals surface area contributed by atoms with E-state index in [1.54, 1.807) is 0 Å². The molecule has 0 aromatic heterocycles. The van der Waals surface area contributed by atoms with Crippen LogP contribution in [0.25, 0.3) is 0 Å². The van der Waals surface area contributed by atoms with Crippen LogP contribution < -0.4 is 16.0 Å². The van der Waals surface area contributed by atoms with Crippen LogP contribution in [0.2, 0.25) is 0 Å². The number of benzene rings is 1. The van der Waals surface area contributed by atoms with E-state index in [0.717, 1.165) is 25.3 Å². The number of carbonyl (C=O) groups excluding carboxylic acids is 1. The van der Waals surface area contributed by atoms with Crippen molar-refractivity contribution in [3.05, 3.63) is 29.8 Å². The van der Waals surface area contributed by atoms with E-state index in [4.69, 9.17) is 0 Å². The summed E-state index contributed by atoms with van der Waals surface area (Å²) in [6, 6.07) is 8.54. The van der Waals surface area contributed by atoms with E-state index in [1.165, 1.54) is 18.9 Å². The van der Waals surface area contributed by atoms with Gasteiger partial charge in [0.15, 0.2) is 0 Å². The average Bonchev–Trinajstić information content (AvgIpc) is 2.80.